The maximum atomic E-state index is 12.8. The molecule has 2 heterocycles. The Hall–Kier alpha value is -8.64. The summed E-state index contributed by atoms with van der Waals surface area (Å²) >= 11 is 0. The highest BCUT2D eigenvalue weighted by atomic mass is 16.5. The lowest BCUT2D eigenvalue weighted by molar-refractivity contribution is 0.221. The second-order valence-corrected chi connectivity index (χ2v) is 18.2. The Morgan fingerprint density at radius 2 is 0.706 bits per heavy atom. The Morgan fingerprint density at radius 1 is 0.265 bits per heavy atom. The van der Waals surface area contributed by atoms with E-state index in [9.17, 15) is 51.1 Å². The molecule has 0 spiro atoms. The molecule has 0 radical (unpaired) electrons. The molecule has 0 amide bonds. The average molecular weight is 907 g/mol. The quantitative estimate of drug-likeness (QED) is 0.0753. The van der Waals surface area contributed by atoms with Gasteiger partial charge in [0.2, 0.25) is 0 Å². The molecule has 8 aromatic carbocycles. The number of phenols is 10. The van der Waals surface area contributed by atoms with Crippen LogP contribution in [0.4, 0.5) is 0 Å². The van der Waals surface area contributed by atoms with Crippen LogP contribution in [0.2, 0.25) is 0 Å². The minimum Gasteiger partial charge on any atom is -0.508 e. The highest BCUT2D eigenvalue weighted by Gasteiger charge is 2.57. The fourth-order valence-electron chi connectivity index (χ4n) is 12.0. The second-order valence-electron chi connectivity index (χ2n) is 18.2. The van der Waals surface area contributed by atoms with Crippen LogP contribution in [0.3, 0.4) is 0 Å². The molecule has 12 rings (SSSR count). The minimum absolute atomic E-state index is 0.0105. The van der Waals surface area contributed by atoms with Crippen LogP contribution in [-0.4, -0.2) is 51.1 Å². The van der Waals surface area contributed by atoms with E-state index in [0.717, 1.165) is 5.56 Å². The second kappa shape index (κ2) is 14.9. The first-order chi connectivity index (χ1) is 32.8. The van der Waals surface area contributed by atoms with Crippen molar-refractivity contribution in [2.45, 2.75) is 47.7 Å². The maximum Gasteiger partial charge on any atom is 0.135 e. The maximum absolute atomic E-state index is 12.8. The molecule has 2 aliphatic heterocycles. The van der Waals surface area contributed by atoms with Gasteiger partial charge in [-0.05, 0) is 117 Å². The van der Waals surface area contributed by atoms with Crippen molar-refractivity contribution < 1.29 is 60.5 Å². The van der Waals surface area contributed by atoms with Crippen molar-refractivity contribution in [3.8, 4) is 69.0 Å². The fourth-order valence-corrected chi connectivity index (χ4v) is 12.0. The predicted molar refractivity (Wildman–Crippen MR) is 248 cm³/mol. The fraction of sp³-hybridized carbons (Fsp3) is 0.143. The lowest BCUT2D eigenvalue weighted by Gasteiger charge is -2.35. The van der Waals surface area contributed by atoms with Gasteiger partial charge in [0.15, 0.2) is 0 Å². The minimum atomic E-state index is -0.838. The zero-order chi connectivity index (χ0) is 46.9. The zero-order valence-corrected chi connectivity index (χ0v) is 35.8. The van der Waals surface area contributed by atoms with Crippen molar-refractivity contribution in [3.63, 3.8) is 0 Å². The molecule has 4 aliphatic rings. The van der Waals surface area contributed by atoms with Gasteiger partial charge in [0.05, 0.1) is 11.8 Å². The lowest BCUT2D eigenvalue weighted by Crippen LogP contribution is -2.21. The molecule has 2 aliphatic carbocycles. The summed E-state index contributed by atoms with van der Waals surface area (Å²) in [6, 6.07) is 38.6. The van der Waals surface area contributed by atoms with Crippen molar-refractivity contribution in [1.82, 2.24) is 0 Å². The Bertz CT molecular complexity index is 3310. The van der Waals surface area contributed by atoms with Gasteiger partial charge in [-0.25, -0.2) is 0 Å². The van der Waals surface area contributed by atoms with Gasteiger partial charge in [0.25, 0.3) is 0 Å². The smallest absolute Gasteiger partial charge is 0.135 e. The normalized spacial score (nSPS) is 22.6. The molecule has 12 heteroatoms. The van der Waals surface area contributed by atoms with E-state index in [2.05, 4.69) is 0 Å². The predicted octanol–water partition coefficient (Wildman–Crippen LogP) is 10.4. The van der Waals surface area contributed by atoms with Gasteiger partial charge in [-0.2, -0.15) is 0 Å². The van der Waals surface area contributed by atoms with E-state index in [0.29, 0.717) is 72.7 Å². The van der Waals surface area contributed by atoms with Crippen LogP contribution in [0, 0.1) is 0 Å². The van der Waals surface area contributed by atoms with Crippen molar-refractivity contribution in [2.75, 3.05) is 0 Å². The van der Waals surface area contributed by atoms with Crippen LogP contribution < -0.4 is 9.47 Å². The molecule has 68 heavy (non-hydrogen) atoms. The Kier molecular flexibility index (Phi) is 8.97. The highest BCUT2D eigenvalue weighted by molar-refractivity contribution is 5.74. The van der Waals surface area contributed by atoms with Crippen LogP contribution in [0.15, 0.2) is 146 Å². The number of hydrogen-bond donors (Lipinski definition) is 10. The third kappa shape index (κ3) is 6.20. The molecule has 0 bridgehead atoms. The Balaban J connectivity index is 1.20. The van der Waals surface area contributed by atoms with E-state index in [1.54, 1.807) is 103 Å². The van der Waals surface area contributed by atoms with Gasteiger partial charge < -0.3 is 60.5 Å². The molecule has 12 nitrogen and oxygen atoms in total. The summed E-state index contributed by atoms with van der Waals surface area (Å²) in [7, 11) is 0. The van der Waals surface area contributed by atoms with E-state index < -0.39 is 47.7 Å². The number of fused-ring (bicyclic) bond motifs is 3. The molecular weight excluding hydrogens is 865 g/mol. The largest absolute Gasteiger partial charge is 0.508 e. The summed E-state index contributed by atoms with van der Waals surface area (Å²) in [6.07, 6.45) is -1.59. The van der Waals surface area contributed by atoms with E-state index in [-0.39, 0.29) is 57.5 Å². The molecule has 0 saturated carbocycles. The molecule has 0 aromatic heterocycles. The molecule has 10 N–H and O–H groups in total. The van der Waals surface area contributed by atoms with E-state index in [4.69, 9.17) is 9.47 Å². The number of phenolic OH excluding ortho intramolecular Hbond substituents is 10. The van der Waals surface area contributed by atoms with Crippen LogP contribution in [0.5, 0.6) is 69.0 Å². The first-order valence-electron chi connectivity index (χ1n) is 22.2. The van der Waals surface area contributed by atoms with Gasteiger partial charge in [-0.1, -0.05) is 48.5 Å². The zero-order valence-electron chi connectivity index (χ0n) is 35.8. The van der Waals surface area contributed by atoms with Gasteiger partial charge in [-0.15, -0.1) is 0 Å². The summed E-state index contributed by atoms with van der Waals surface area (Å²) in [6.45, 7) is 0. The third-order valence-electron chi connectivity index (χ3n) is 14.4. The first-order valence-corrected chi connectivity index (χ1v) is 22.2. The lowest BCUT2D eigenvalue weighted by atomic mass is 9.68. The monoisotopic (exact) mass is 906 g/mol. The van der Waals surface area contributed by atoms with Crippen LogP contribution in [-0.2, 0) is 0 Å². The standard InChI is InChI=1S/C56H42O12/c57-30-9-1-25(2-10-30)44-47-38(20-36(63)22-40(47)65)50-52-43(68-56(50)28-7-15-33(60)16-8-28)24-41(66)51-49(45(53(44)54(51)52)26-3-11-31(58)12-4-26)39-21-37(64)23-42-48(39)46(29-17-34(61)19-35(62)18-29)55(67-42)27-5-13-32(59)14-6-27/h1-24,44-46,49-50,53,55-66H/t44-,45+,46-,49+,50-,53+,55+,56+/m0/s1. The molecule has 8 atom stereocenters. The SMILES string of the molecule is Oc1ccc([C@H]2c3c(O)cc(O)cc3[C@H]3c4c(cc(O)c5c4[C@H]2[C@H](c2ccc(O)cc2)[C@H]5c2cc(O)cc4c2[C@H](c2cc(O)cc(O)c2)[C@@H](c2ccc(O)cc2)O4)O[C@@H]3c2ccc(O)cc2)cc1. The number of benzene rings is 8. The van der Waals surface area contributed by atoms with Gasteiger partial charge in [-0.3, -0.25) is 0 Å². The average Bonchev–Trinajstić information content (AvgIpc) is 3.96. The number of aromatic hydroxyl groups is 10. The van der Waals surface area contributed by atoms with E-state index >= 15 is 0 Å². The molecule has 0 fully saturated rings. The summed E-state index contributed by atoms with van der Waals surface area (Å²) in [4.78, 5) is 0. The van der Waals surface area contributed by atoms with Gasteiger partial charge in [0, 0.05) is 70.2 Å². The van der Waals surface area contributed by atoms with E-state index in [1.807, 2.05) is 12.1 Å². The number of ether oxygens (including phenoxy) is 2. The van der Waals surface area contributed by atoms with Gasteiger partial charge in [0.1, 0.15) is 81.2 Å². The molecule has 338 valence electrons. The summed E-state index contributed by atoms with van der Waals surface area (Å²) in [5, 5.41) is 112. The summed E-state index contributed by atoms with van der Waals surface area (Å²) in [5.41, 5.74) is 7.26. The van der Waals surface area contributed by atoms with Gasteiger partial charge >= 0.3 is 0 Å². The van der Waals surface area contributed by atoms with Crippen molar-refractivity contribution >= 4 is 0 Å². The molecule has 0 saturated heterocycles. The first kappa shape index (κ1) is 40.8. The van der Waals surface area contributed by atoms with Crippen LogP contribution >= 0.6 is 0 Å². The molecule has 8 aromatic rings. The van der Waals surface area contributed by atoms with Crippen molar-refractivity contribution in [1.29, 1.82) is 0 Å². The summed E-state index contributed by atoms with van der Waals surface area (Å²) in [5.74, 6) is -4.72. The van der Waals surface area contributed by atoms with Crippen LogP contribution in [0.25, 0.3) is 0 Å². The Morgan fingerprint density at radius 3 is 1.26 bits per heavy atom. The molecule has 0 unspecified atom stereocenters. The number of hydrogen-bond acceptors (Lipinski definition) is 12. The van der Waals surface area contributed by atoms with E-state index in [1.165, 1.54) is 30.3 Å². The topological polar surface area (TPSA) is 221 Å². The highest BCUT2D eigenvalue weighted by Crippen LogP contribution is 2.72. The summed E-state index contributed by atoms with van der Waals surface area (Å²) < 4.78 is 13.7. The van der Waals surface area contributed by atoms with Crippen LogP contribution in [0.1, 0.15) is 114 Å². The number of rotatable bonds is 6. The Labute approximate surface area is 388 Å². The third-order valence-corrected chi connectivity index (χ3v) is 14.4. The molecular formula is C56H42O12. The van der Waals surface area contributed by atoms with Crippen molar-refractivity contribution in [3.05, 3.63) is 212 Å². The van der Waals surface area contributed by atoms with Crippen molar-refractivity contribution in [2.24, 2.45) is 0 Å².